The van der Waals surface area contributed by atoms with E-state index in [1.54, 1.807) is 59.5 Å². The number of thioether (sulfide) groups is 3. The lowest BCUT2D eigenvalue weighted by molar-refractivity contribution is 0.00993. The molecule has 142 heavy (non-hydrogen) atoms. The highest BCUT2D eigenvalue weighted by Gasteiger charge is 2.48. The smallest absolute Gasteiger partial charge is 0.444 e. The van der Waals surface area contributed by atoms with E-state index in [9.17, 15) is 46.7 Å². The predicted octanol–water partition coefficient (Wildman–Crippen LogP) is 15.9. The first-order valence-corrected chi connectivity index (χ1v) is 52.6. The van der Waals surface area contributed by atoms with Gasteiger partial charge in [-0.25, -0.2) is 46.3 Å². The van der Waals surface area contributed by atoms with E-state index in [0.717, 1.165) is 132 Å². The second kappa shape index (κ2) is 46.5. The van der Waals surface area contributed by atoms with Gasteiger partial charge in [-0.2, -0.15) is 64.0 Å². The van der Waals surface area contributed by atoms with Crippen LogP contribution >= 0.6 is 179 Å². The van der Waals surface area contributed by atoms with E-state index in [0.29, 0.717) is 141 Å². The second-order valence-electron chi connectivity index (χ2n) is 40.5. The molecule has 3 amide bonds. The molecule has 780 valence electrons. The maximum absolute atomic E-state index is 15.4. The molecule has 30 nitrogen and oxygen atoms in total. The lowest BCUT2D eigenvalue weighted by Gasteiger charge is -2.45. The number of amides is 3. The number of nitrogens with one attached hydrogen (secondary N) is 2. The Hall–Kier alpha value is -4.99. The standard InChI is InChI=1S/C33H37Cl2F2N5O4S.C27H35BrClN5O4S.C16H15BrClN3O3S.C11H22N2O2.C6H4BClF2O2.4H2S/c1-16-11-41(32(44)46-33(3,4)5)17(2)10-40(16)30-22-8-24(35)27(21-7-23(34)26(37)9-25(21)36)29-28(22)42(31(43)38-30)19(15-47-29)12-39-13-20-6-18(39)14-45-20;1-14-9-33(26(36)38-27(3,4)5)15(2)8-32(14)24-19-7-20(29)21(28)23-22(19)34(25(35)30-24)17(13-39-23)10-31-11-18-6-16(31)12-37-18;17-12-11(18)2-10-13-14(12)25-6-8(21(13)16(23)19-15(10)22)3-20-4-9-1-7(20)5-24-9;1-8-7-13(9(2)6-12-8)10(14)15-11(3,4)5;8-4-1-3(7(11)12)5(9)2-6(4)10;;;;/h7-9,16-20H,6,10-15H2,1-5H3;7,14-18H,6,8-13H2,1-5H3;2,7-9H,1,3-6H2,(H,19,22,23);8-9,12H,6-7H2,1-5H3;1-2,11-12H;4*1H2/t16-,17+,18-,19-,20-;14-,15+,16-,17-,18-;7-,8-,9-;8-,9+;;;;;/m0000...../s1. The van der Waals surface area contributed by atoms with Crippen LogP contribution in [-0.2, 0) is 28.4 Å². The number of aromatic nitrogens is 6. The topological polar surface area (TPSA) is 310 Å². The maximum atomic E-state index is 15.4. The summed E-state index contributed by atoms with van der Waals surface area (Å²) in [5.41, 5.74) is -0.854. The minimum absolute atomic E-state index is 0. The Morgan fingerprint density at radius 3 is 1.25 bits per heavy atom. The number of H-pyrrole nitrogens is 1. The molecule has 3 aromatic heterocycles. The first kappa shape index (κ1) is 116. The molecular weight excluding hydrogens is 2220 g/mol. The zero-order valence-corrected chi connectivity index (χ0v) is 94.4. The normalized spacial score (nSPS) is 25.3. The molecule has 5 aromatic carbocycles. The van der Waals surface area contributed by atoms with E-state index >= 15 is 4.39 Å². The summed E-state index contributed by atoms with van der Waals surface area (Å²) in [7, 11) is -1.98. The number of halogens is 11. The fourth-order valence-electron chi connectivity index (χ4n) is 20.2. The number of anilines is 2. The summed E-state index contributed by atoms with van der Waals surface area (Å²) in [6.45, 7) is 39.3. The molecule has 12 aliphatic heterocycles. The number of likely N-dealkylation sites (tertiary alicyclic amines) is 3. The van der Waals surface area contributed by atoms with Crippen LogP contribution in [0.25, 0.3) is 43.8 Å². The Balaban J connectivity index is 0.000000170. The number of hydrogen-bond acceptors (Lipinski definition) is 26. The fourth-order valence-corrected chi connectivity index (χ4v) is 26.4. The van der Waals surface area contributed by atoms with E-state index in [-0.39, 0.29) is 158 Å². The Morgan fingerprint density at radius 2 is 0.845 bits per heavy atom. The Morgan fingerprint density at radius 1 is 0.472 bits per heavy atom. The molecule has 0 spiro atoms. The Bertz CT molecular complexity index is 6350. The molecule has 0 unspecified atom stereocenters. The van der Waals surface area contributed by atoms with Gasteiger partial charge in [0, 0.05) is 204 Å². The van der Waals surface area contributed by atoms with Crippen LogP contribution in [0.1, 0.15) is 141 Å². The lowest BCUT2D eigenvalue weighted by Crippen LogP contribution is -2.59. The highest BCUT2D eigenvalue weighted by molar-refractivity contribution is 9.11. The lowest BCUT2D eigenvalue weighted by atomic mass is 9.80. The van der Waals surface area contributed by atoms with Crippen LogP contribution < -0.4 is 43.2 Å². The molecule has 15 atom stereocenters. The number of aromatic amines is 1. The summed E-state index contributed by atoms with van der Waals surface area (Å²) in [6.07, 6.45) is 3.06. The molecule has 0 radical (unpaired) electrons. The van der Waals surface area contributed by atoms with Crippen molar-refractivity contribution in [3.8, 4) is 11.1 Å². The number of benzene rings is 5. The largest absolute Gasteiger partial charge is 0.491 e. The van der Waals surface area contributed by atoms with Crippen LogP contribution in [0.15, 0.2) is 85.3 Å². The maximum Gasteiger partial charge on any atom is 0.491 e. The van der Waals surface area contributed by atoms with Crippen molar-refractivity contribution in [2.45, 2.75) is 245 Å². The first-order chi connectivity index (χ1) is 64.9. The van der Waals surface area contributed by atoms with Crippen LogP contribution in [0, 0.1) is 23.3 Å². The van der Waals surface area contributed by atoms with Gasteiger partial charge >= 0.3 is 42.5 Å². The van der Waals surface area contributed by atoms with Crippen molar-refractivity contribution in [1.29, 1.82) is 0 Å². The van der Waals surface area contributed by atoms with E-state index in [1.165, 1.54) is 17.8 Å². The van der Waals surface area contributed by atoms with Crippen LogP contribution in [0.3, 0.4) is 0 Å². The van der Waals surface area contributed by atoms with Gasteiger partial charge in [0.05, 0.1) is 112 Å². The van der Waals surface area contributed by atoms with Crippen molar-refractivity contribution in [3.63, 3.8) is 0 Å². The van der Waals surface area contributed by atoms with Crippen molar-refractivity contribution in [3.05, 3.63) is 142 Å². The van der Waals surface area contributed by atoms with Crippen LogP contribution in [0.2, 0.25) is 25.1 Å². The molecule has 9 saturated heterocycles. The number of morpholine rings is 3. The van der Waals surface area contributed by atoms with Gasteiger partial charge in [-0.15, -0.1) is 35.3 Å². The minimum Gasteiger partial charge on any atom is -0.444 e. The average molecular weight is 2340 g/mol. The van der Waals surface area contributed by atoms with Crippen molar-refractivity contribution < 1.29 is 70.4 Å². The molecule has 49 heteroatoms. The number of carbonyl (C=O) groups is 3. The number of rotatable bonds is 10. The van der Waals surface area contributed by atoms with Gasteiger partial charge in [0.2, 0.25) is 0 Å². The molecule has 0 saturated carbocycles. The highest BCUT2D eigenvalue weighted by Crippen LogP contribution is 2.52. The quantitative estimate of drug-likeness (QED) is 0.0428. The van der Waals surface area contributed by atoms with E-state index in [2.05, 4.69) is 80.6 Å². The average Bonchev–Trinajstić information content (AvgIpc) is 0.875. The first-order valence-electron chi connectivity index (χ1n) is 46.2. The monoisotopic (exact) mass is 2330 g/mol. The third-order valence-electron chi connectivity index (χ3n) is 26.7. The van der Waals surface area contributed by atoms with Crippen molar-refractivity contribution in [1.82, 2.24) is 63.4 Å². The molecule has 20 rings (SSSR count). The van der Waals surface area contributed by atoms with Crippen LogP contribution in [0.5, 0.6) is 0 Å². The van der Waals surface area contributed by atoms with Gasteiger partial charge in [0.15, 0.2) is 0 Å². The van der Waals surface area contributed by atoms with Crippen molar-refractivity contribution >= 4 is 254 Å². The van der Waals surface area contributed by atoms with Gasteiger partial charge in [-0.05, 0) is 185 Å². The predicted molar refractivity (Wildman–Crippen MR) is 581 cm³/mol. The number of ether oxygens (including phenoxy) is 6. The van der Waals surface area contributed by atoms with E-state index in [1.807, 2.05) is 106 Å². The zero-order valence-electron chi connectivity index (χ0n) is 81.0. The third-order valence-corrected chi connectivity index (χ3v) is 34.5. The van der Waals surface area contributed by atoms with Gasteiger partial charge < -0.3 is 68.3 Å². The van der Waals surface area contributed by atoms with Gasteiger partial charge in [0.1, 0.15) is 51.7 Å². The summed E-state index contributed by atoms with van der Waals surface area (Å²) in [6, 6.07) is 9.49. The number of carbonyl (C=O) groups excluding carboxylic acids is 3. The zero-order chi connectivity index (χ0) is 99.6. The number of nitrogens with zero attached hydrogens (tertiary/aromatic N) is 13. The molecule has 9 fully saturated rings. The van der Waals surface area contributed by atoms with Crippen LogP contribution in [-0.4, -0.2) is 299 Å². The number of fused-ring (bicyclic) bond motifs is 6. The summed E-state index contributed by atoms with van der Waals surface area (Å²) >= 11 is 43.4. The molecule has 15 heterocycles. The molecule has 0 aliphatic carbocycles. The molecule has 12 aliphatic rings. The third kappa shape index (κ3) is 24.7. The Labute approximate surface area is 903 Å². The number of hydrogen-bond donors (Lipinski definition) is 4. The van der Waals surface area contributed by atoms with Crippen molar-refractivity contribution in [2.75, 3.05) is 125 Å². The van der Waals surface area contributed by atoms with Crippen molar-refractivity contribution in [2.24, 2.45) is 0 Å². The summed E-state index contributed by atoms with van der Waals surface area (Å²) in [4.78, 5) is 122. The second-order valence-corrected chi connectivity index (χ2v) is 47.2. The minimum atomic E-state index is -1.98. The Kier molecular flexibility index (Phi) is 37.9. The SMILES string of the molecule is C[C@@H]1CN(c2nc(=O)n3c4c(c(-c5cc(Cl)c(F)cc5F)c(Cl)cc24)SC[C@@H]3CN2C[C@@H]3C[C@H]2CO3)[C@@H](C)CN1C(=O)OC(C)(C)C.C[C@@H]1CN(c2nc(=O)n3c4c(c(Br)c(Cl)cc24)SC[C@@H]3CN2C[C@@H]3C[C@H]2CO3)[C@@H](C)CN1C(=O)OC(C)(C)C.C[C@@H]1CN[C@@H](C)CN1C(=O)OC(C)(C)C.O=c1[nH]c(=O)n2c3c(c(Br)c(Cl)cc13)SC[C@@H]2CN1C[C@@H]2C[C@H]1CO2.OB(O)c1cc(Cl)c(F)cc1F.S.S.S.S. The summed E-state index contributed by atoms with van der Waals surface area (Å²) in [5.74, 6) is -0.488. The van der Waals surface area contributed by atoms with E-state index < -0.39 is 64.4 Å². The number of piperazine rings is 3. The molecular formula is C93H121BBr2Cl5F4N15O15S7. The van der Waals surface area contributed by atoms with Crippen LogP contribution in [0.4, 0.5) is 43.6 Å². The summed E-state index contributed by atoms with van der Waals surface area (Å²) < 4.78 is 95.6. The molecule has 8 aromatic rings. The van der Waals surface area contributed by atoms with Gasteiger partial charge in [-0.3, -0.25) is 38.2 Å². The van der Waals surface area contributed by atoms with Gasteiger partial charge in [-0.1, -0.05) is 58.0 Å². The fraction of sp³-hybridized carbons (Fsp3) is 0.581. The summed E-state index contributed by atoms with van der Waals surface area (Å²) in [5, 5.41) is 23.2. The van der Waals surface area contributed by atoms with E-state index in [4.69, 9.17) is 101 Å². The highest BCUT2D eigenvalue weighted by atomic mass is 79.9. The molecule has 6 bridgehead atoms. The molecule has 4 N–H and O–H groups in total. The van der Waals surface area contributed by atoms with Gasteiger partial charge in [0.25, 0.3) is 5.56 Å².